The molecule has 0 saturated heterocycles. The molecule has 0 aliphatic carbocycles. The zero-order valence-electron chi connectivity index (χ0n) is 16.1. The Labute approximate surface area is 155 Å². The van der Waals surface area contributed by atoms with Crippen molar-refractivity contribution in [3.8, 4) is 17.2 Å². The maximum Gasteiger partial charge on any atom is 0.191 e. The summed E-state index contributed by atoms with van der Waals surface area (Å²) < 4.78 is 16.2. The minimum atomic E-state index is 0.504. The van der Waals surface area contributed by atoms with Crippen LogP contribution in [0.1, 0.15) is 16.7 Å². The second-order valence-corrected chi connectivity index (χ2v) is 5.72. The molecule has 0 unspecified atom stereocenters. The molecule has 0 spiro atoms. The topological polar surface area (TPSA) is 64.1 Å². The third kappa shape index (κ3) is 4.81. The largest absolute Gasteiger partial charge is 0.496 e. The van der Waals surface area contributed by atoms with Crippen molar-refractivity contribution < 1.29 is 14.2 Å². The van der Waals surface area contributed by atoms with E-state index in [1.807, 2.05) is 24.3 Å². The molecule has 0 atom stereocenters. The number of rotatable bonds is 7. The molecule has 6 nitrogen and oxygen atoms in total. The Hall–Kier alpha value is -2.89. The van der Waals surface area contributed by atoms with Crippen LogP contribution in [0.15, 0.2) is 41.4 Å². The van der Waals surface area contributed by atoms with Crippen LogP contribution in [0.25, 0.3) is 0 Å². The molecule has 0 bridgehead atoms. The van der Waals surface area contributed by atoms with E-state index in [-0.39, 0.29) is 0 Å². The Balaban J connectivity index is 2.07. The molecule has 2 aromatic rings. The van der Waals surface area contributed by atoms with Gasteiger partial charge >= 0.3 is 0 Å². The van der Waals surface area contributed by atoms with Gasteiger partial charge < -0.3 is 24.8 Å². The molecule has 140 valence electrons. The number of aliphatic imine (C=N–C) groups is 1. The predicted octanol–water partition coefficient (Wildman–Crippen LogP) is 2.89. The number of nitrogens with one attached hydrogen (secondary N) is 2. The van der Waals surface area contributed by atoms with E-state index in [0.29, 0.717) is 36.3 Å². The number of hydrogen-bond acceptors (Lipinski definition) is 4. The summed E-state index contributed by atoms with van der Waals surface area (Å²) in [4.78, 5) is 4.28. The molecule has 26 heavy (non-hydrogen) atoms. The van der Waals surface area contributed by atoms with Crippen LogP contribution in [0.3, 0.4) is 0 Å². The van der Waals surface area contributed by atoms with Crippen LogP contribution in [-0.2, 0) is 13.1 Å². The first-order valence-electron chi connectivity index (χ1n) is 8.40. The van der Waals surface area contributed by atoms with Crippen molar-refractivity contribution in [2.24, 2.45) is 4.99 Å². The van der Waals surface area contributed by atoms with Crippen LogP contribution >= 0.6 is 0 Å². The number of guanidine groups is 1. The first-order valence-corrected chi connectivity index (χ1v) is 8.40. The van der Waals surface area contributed by atoms with Gasteiger partial charge in [0.1, 0.15) is 17.2 Å². The second-order valence-electron chi connectivity index (χ2n) is 5.72. The third-order valence-corrected chi connectivity index (χ3v) is 4.18. The van der Waals surface area contributed by atoms with Crippen molar-refractivity contribution in [2.75, 3.05) is 28.4 Å². The summed E-state index contributed by atoms with van der Waals surface area (Å²) in [6, 6.07) is 11.9. The Morgan fingerprint density at radius 1 is 0.923 bits per heavy atom. The van der Waals surface area contributed by atoms with Crippen LogP contribution in [0.4, 0.5) is 0 Å². The molecule has 0 saturated carbocycles. The lowest BCUT2D eigenvalue weighted by atomic mass is 10.1. The van der Waals surface area contributed by atoms with Crippen molar-refractivity contribution in [1.82, 2.24) is 10.6 Å². The standard InChI is InChI=1S/C20H27N3O3/c1-14-8-6-7-9-15(14)12-22-20(21-2)23-13-17-18(25-4)10-16(24-3)11-19(17)26-5/h6-11H,12-13H2,1-5H3,(H2,21,22,23). The highest BCUT2D eigenvalue weighted by Crippen LogP contribution is 2.33. The quantitative estimate of drug-likeness (QED) is 0.589. The Bertz CT molecular complexity index is 735. The van der Waals surface area contributed by atoms with Gasteiger partial charge in [0.05, 0.1) is 33.4 Å². The van der Waals surface area contributed by atoms with Crippen molar-refractivity contribution in [3.05, 3.63) is 53.1 Å². The fourth-order valence-corrected chi connectivity index (χ4v) is 2.63. The van der Waals surface area contributed by atoms with Gasteiger partial charge in [-0.25, -0.2) is 0 Å². The molecule has 2 N–H and O–H groups in total. The molecule has 6 heteroatoms. The first kappa shape index (κ1) is 19.4. The molecule has 0 aromatic heterocycles. The van der Waals surface area contributed by atoms with E-state index in [2.05, 4.69) is 34.7 Å². The van der Waals surface area contributed by atoms with Gasteiger partial charge in [-0.1, -0.05) is 24.3 Å². The Morgan fingerprint density at radius 2 is 1.54 bits per heavy atom. The third-order valence-electron chi connectivity index (χ3n) is 4.18. The molecule has 0 radical (unpaired) electrons. The average Bonchev–Trinajstić information content (AvgIpc) is 2.68. The monoisotopic (exact) mass is 357 g/mol. The second kappa shape index (κ2) is 9.56. The van der Waals surface area contributed by atoms with Gasteiger partial charge in [-0.3, -0.25) is 4.99 Å². The lowest BCUT2D eigenvalue weighted by molar-refractivity contribution is 0.368. The summed E-state index contributed by atoms with van der Waals surface area (Å²) in [6.07, 6.45) is 0. The van der Waals surface area contributed by atoms with Crippen molar-refractivity contribution in [1.29, 1.82) is 0 Å². The van der Waals surface area contributed by atoms with Gasteiger partial charge in [-0.15, -0.1) is 0 Å². The summed E-state index contributed by atoms with van der Waals surface area (Å²) >= 11 is 0. The smallest absolute Gasteiger partial charge is 0.191 e. The number of hydrogen-bond donors (Lipinski definition) is 2. The van der Waals surface area contributed by atoms with Gasteiger partial charge in [0.15, 0.2) is 5.96 Å². The molecular formula is C20H27N3O3. The van der Waals surface area contributed by atoms with Crippen molar-refractivity contribution >= 4 is 5.96 Å². The van der Waals surface area contributed by atoms with E-state index >= 15 is 0 Å². The van der Waals surface area contributed by atoms with E-state index in [9.17, 15) is 0 Å². The molecule has 2 aromatic carbocycles. The van der Waals surface area contributed by atoms with Crippen LogP contribution < -0.4 is 24.8 Å². The van der Waals surface area contributed by atoms with E-state index in [0.717, 1.165) is 5.56 Å². The molecule has 0 heterocycles. The fourth-order valence-electron chi connectivity index (χ4n) is 2.63. The van der Waals surface area contributed by atoms with E-state index in [1.54, 1.807) is 28.4 Å². The van der Waals surface area contributed by atoms with E-state index in [4.69, 9.17) is 14.2 Å². The SMILES string of the molecule is CN=C(NCc1ccccc1C)NCc1c(OC)cc(OC)cc1OC. The van der Waals surface area contributed by atoms with Crippen LogP contribution in [0, 0.1) is 6.92 Å². The molecule has 0 amide bonds. The lowest BCUT2D eigenvalue weighted by Gasteiger charge is -2.17. The maximum absolute atomic E-state index is 5.48. The molecule has 2 rings (SSSR count). The summed E-state index contributed by atoms with van der Waals surface area (Å²) in [5, 5.41) is 6.63. The van der Waals surface area contributed by atoms with Gasteiger partial charge in [0.25, 0.3) is 0 Å². The van der Waals surface area contributed by atoms with Gasteiger partial charge in [0, 0.05) is 25.7 Å². The minimum absolute atomic E-state index is 0.504. The van der Waals surface area contributed by atoms with Gasteiger partial charge in [-0.05, 0) is 18.1 Å². The summed E-state index contributed by atoms with van der Waals surface area (Å²) in [6.45, 7) is 3.30. The molecule has 0 aliphatic heterocycles. The van der Waals surface area contributed by atoms with E-state index in [1.165, 1.54) is 11.1 Å². The van der Waals surface area contributed by atoms with E-state index < -0.39 is 0 Å². The summed E-state index contributed by atoms with van der Waals surface area (Å²) in [5.74, 6) is 2.78. The van der Waals surface area contributed by atoms with Crippen LogP contribution in [-0.4, -0.2) is 34.3 Å². The lowest BCUT2D eigenvalue weighted by Crippen LogP contribution is -2.36. The fraction of sp³-hybridized carbons (Fsp3) is 0.350. The Kier molecular flexibility index (Phi) is 7.14. The maximum atomic E-state index is 5.48. The van der Waals surface area contributed by atoms with Gasteiger partial charge in [-0.2, -0.15) is 0 Å². The van der Waals surface area contributed by atoms with Crippen molar-refractivity contribution in [2.45, 2.75) is 20.0 Å². The number of aryl methyl sites for hydroxylation is 1. The van der Waals surface area contributed by atoms with Gasteiger partial charge in [0.2, 0.25) is 0 Å². The predicted molar refractivity (Wildman–Crippen MR) is 104 cm³/mol. The first-order chi connectivity index (χ1) is 12.6. The zero-order valence-corrected chi connectivity index (χ0v) is 16.1. The normalized spacial score (nSPS) is 11.0. The number of methoxy groups -OCH3 is 3. The average molecular weight is 357 g/mol. The highest BCUT2D eigenvalue weighted by molar-refractivity contribution is 5.79. The molecule has 0 fully saturated rings. The van der Waals surface area contributed by atoms with Crippen LogP contribution in [0.5, 0.6) is 17.2 Å². The highest BCUT2D eigenvalue weighted by Gasteiger charge is 2.13. The van der Waals surface area contributed by atoms with Crippen molar-refractivity contribution in [3.63, 3.8) is 0 Å². The zero-order chi connectivity index (χ0) is 18.9. The number of nitrogens with zero attached hydrogens (tertiary/aromatic N) is 1. The summed E-state index contributed by atoms with van der Waals surface area (Å²) in [7, 11) is 6.62. The number of ether oxygens (including phenoxy) is 3. The van der Waals surface area contributed by atoms with Crippen LogP contribution in [0.2, 0.25) is 0 Å². The highest BCUT2D eigenvalue weighted by atomic mass is 16.5. The summed E-state index contributed by atoms with van der Waals surface area (Å²) in [5.41, 5.74) is 3.37. The molecule has 0 aliphatic rings. The molecular weight excluding hydrogens is 330 g/mol. The Morgan fingerprint density at radius 3 is 2.08 bits per heavy atom. The minimum Gasteiger partial charge on any atom is -0.496 e. The number of benzene rings is 2.